The van der Waals surface area contributed by atoms with Crippen LogP contribution in [0, 0.1) is 0 Å². The molecule has 2 heterocycles. The number of ketones is 1. The van der Waals surface area contributed by atoms with Crippen LogP contribution in [0.1, 0.15) is 38.7 Å². The maximum atomic E-state index is 12.8. The second-order valence-electron chi connectivity index (χ2n) is 6.47. The Bertz CT molecular complexity index is 1040. The Morgan fingerprint density at radius 3 is 2.48 bits per heavy atom. The number of carbonyl (C=O) groups excluding carboxylic acids is 1. The third kappa shape index (κ3) is 3.35. The van der Waals surface area contributed by atoms with Crippen LogP contribution in [0.2, 0.25) is 0 Å². The molecule has 3 aromatic rings. The van der Waals surface area contributed by atoms with Gasteiger partial charge in [0.2, 0.25) is 0 Å². The highest BCUT2D eigenvalue weighted by atomic mass is 32.1. The number of thiophene rings is 1. The number of fused-ring (bicyclic) bond motifs is 1. The molecule has 130 valence electrons. The molecule has 3 rings (SSSR count). The van der Waals surface area contributed by atoms with Crippen LogP contribution in [-0.4, -0.2) is 15.3 Å². The van der Waals surface area contributed by atoms with Gasteiger partial charge in [-0.1, -0.05) is 38.1 Å². The number of H-pyrrole nitrogens is 1. The van der Waals surface area contributed by atoms with E-state index in [2.05, 4.69) is 31.0 Å². The lowest BCUT2D eigenvalue weighted by Gasteiger charge is -2.07. The van der Waals surface area contributed by atoms with Gasteiger partial charge in [-0.3, -0.25) is 19.1 Å². The fraction of sp³-hybridized carbons (Fsp3) is 0.316. The normalized spacial score (nSPS) is 11.4. The van der Waals surface area contributed by atoms with Gasteiger partial charge in [0.05, 0.1) is 5.39 Å². The third-order valence-electron chi connectivity index (χ3n) is 4.29. The highest BCUT2D eigenvalue weighted by Gasteiger charge is 2.15. The van der Waals surface area contributed by atoms with E-state index in [9.17, 15) is 14.4 Å². The maximum Gasteiger partial charge on any atom is 0.329 e. The summed E-state index contributed by atoms with van der Waals surface area (Å²) in [5, 5.41) is 2.40. The lowest BCUT2D eigenvalue weighted by Crippen LogP contribution is -2.35. The molecule has 0 aliphatic rings. The van der Waals surface area contributed by atoms with Crippen LogP contribution < -0.4 is 11.2 Å². The van der Waals surface area contributed by atoms with Crippen molar-refractivity contribution in [3.05, 3.63) is 56.0 Å². The first kappa shape index (κ1) is 17.4. The van der Waals surface area contributed by atoms with E-state index in [4.69, 9.17) is 0 Å². The average molecular weight is 356 g/mol. The van der Waals surface area contributed by atoms with E-state index in [1.54, 1.807) is 0 Å². The molecule has 1 N–H and O–H groups in total. The van der Waals surface area contributed by atoms with Crippen molar-refractivity contribution in [2.75, 3.05) is 0 Å². The fourth-order valence-corrected chi connectivity index (χ4v) is 3.74. The van der Waals surface area contributed by atoms with E-state index in [1.165, 1.54) is 23.8 Å². The lowest BCUT2D eigenvalue weighted by atomic mass is 9.99. The number of Topliss-reactive ketones (excluding diaryl/α,β-unsaturated/α-hetero) is 1. The summed E-state index contributed by atoms with van der Waals surface area (Å²) in [5.74, 6) is 0.384. The van der Waals surface area contributed by atoms with Crippen molar-refractivity contribution in [3.63, 3.8) is 0 Å². The molecule has 0 spiro atoms. The number of aromatic nitrogens is 2. The van der Waals surface area contributed by atoms with Crippen LogP contribution in [0.3, 0.4) is 0 Å². The summed E-state index contributed by atoms with van der Waals surface area (Å²) in [6.07, 6.45) is 0.164. The molecule has 25 heavy (non-hydrogen) atoms. The number of nitrogens with zero attached hydrogens (tertiary/aromatic N) is 1. The quantitative estimate of drug-likeness (QED) is 0.760. The molecule has 0 atom stereocenters. The van der Waals surface area contributed by atoms with Gasteiger partial charge >= 0.3 is 5.69 Å². The van der Waals surface area contributed by atoms with Crippen LogP contribution in [0.5, 0.6) is 0 Å². The molecule has 0 amide bonds. The summed E-state index contributed by atoms with van der Waals surface area (Å²) >= 11 is 1.34. The average Bonchev–Trinajstić information content (AvgIpc) is 2.98. The standard InChI is InChI=1S/C19H20N2O3S/c1-11(2)13-4-6-14(7-5-13)15-10-25-17-16(15)18(23)21(19(24)20-17)9-8-12(3)22/h4-7,10-11H,8-9H2,1-3H3,(H,20,24). The Balaban J connectivity index is 2.14. The number of rotatable bonds is 5. The zero-order valence-corrected chi connectivity index (χ0v) is 15.3. The predicted molar refractivity (Wildman–Crippen MR) is 102 cm³/mol. The Labute approximate surface area is 148 Å². The van der Waals surface area contributed by atoms with Crippen LogP contribution in [0.25, 0.3) is 21.3 Å². The van der Waals surface area contributed by atoms with Crippen molar-refractivity contribution < 1.29 is 4.79 Å². The smallest absolute Gasteiger partial charge is 0.300 e. The second-order valence-corrected chi connectivity index (χ2v) is 7.35. The van der Waals surface area contributed by atoms with Crippen LogP contribution >= 0.6 is 11.3 Å². The van der Waals surface area contributed by atoms with Crippen molar-refractivity contribution in [2.24, 2.45) is 0 Å². The first-order valence-electron chi connectivity index (χ1n) is 8.22. The third-order valence-corrected chi connectivity index (χ3v) is 5.19. The van der Waals surface area contributed by atoms with Gasteiger partial charge in [0.25, 0.3) is 5.56 Å². The van der Waals surface area contributed by atoms with E-state index in [0.29, 0.717) is 16.1 Å². The first-order chi connectivity index (χ1) is 11.9. The van der Waals surface area contributed by atoms with Gasteiger partial charge in [-0.05, 0) is 24.0 Å². The predicted octanol–water partition coefficient (Wildman–Crippen LogP) is 3.52. The van der Waals surface area contributed by atoms with Crippen molar-refractivity contribution in [1.82, 2.24) is 9.55 Å². The molecule has 0 saturated carbocycles. The molecule has 0 saturated heterocycles. The Morgan fingerprint density at radius 1 is 1.20 bits per heavy atom. The minimum atomic E-state index is -0.470. The van der Waals surface area contributed by atoms with Gasteiger partial charge in [-0.15, -0.1) is 11.3 Å². The summed E-state index contributed by atoms with van der Waals surface area (Å²) in [5.41, 5.74) is 2.17. The van der Waals surface area contributed by atoms with E-state index < -0.39 is 5.69 Å². The molecule has 0 unspecified atom stereocenters. The monoisotopic (exact) mass is 356 g/mol. The molecule has 5 nitrogen and oxygen atoms in total. The number of nitrogens with one attached hydrogen (secondary N) is 1. The van der Waals surface area contributed by atoms with Crippen molar-refractivity contribution in [3.8, 4) is 11.1 Å². The van der Waals surface area contributed by atoms with Crippen molar-refractivity contribution in [1.29, 1.82) is 0 Å². The number of aromatic amines is 1. The Kier molecular flexibility index (Phi) is 4.72. The van der Waals surface area contributed by atoms with Gasteiger partial charge in [-0.2, -0.15) is 0 Å². The van der Waals surface area contributed by atoms with E-state index in [0.717, 1.165) is 15.7 Å². The molecule has 2 aromatic heterocycles. The van der Waals surface area contributed by atoms with Crippen LogP contribution in [0.4, 0.5) is 0 Å². The zero-order chi connectivity index (χ0) is 18.1. The lowest BCUT2D eigenvalue weighted by molar-refractivity contribution is -0.117. The summed E-state index contributed by atoms with van der Waals surface area (Å²) in [6, 6.07) is 8.12. The maximum absolute atomic E-state index is 12.8. The summed E-state index contributed by atoms with van der Waals surface area (Å²) in [7, 11) is 0. The van der Waals surface area contributed by atoms with Crippen LogP contribution in [0.15, 0.2) is 39.2 Å². The molecule has 6 heteroatoms. The van der Waals surface area contributed by atoms with Gasteiger partial charge in [0.15, 0.2) is 0 Å². The second kappa shape index (κ2) is 6.80. The van der Waals surface area contributed by atoms with E-state index >= 15 is 0 Å². The number of hydrogen-bond acceptors (Lipinski definition) is 4. The molecule has 0 aliphatic carbocycles. The number of benzene rings is 1. The van der Waals surface area contributed by atoms with E-state index in [1.807, 2.05) is 17.5 Å². The van der Waals surface area contributed by atoms with E-state index in [-0.39, 0.29) is 24.3 Å². The molecule has 0 bridgehead atoms. The molecular weight excluding hydrogens is 336 g/mol. The van der Waals surface area contributed by atoms with Gasteiger partial charge in [0.1, 0.15) is 10.6 Å². The largest absolute Gasteiger partial charge is 0.329 e. The number of hydrogen-bond donors (Lipinski definition) is 1. The first-order valence-corrected chi connectivity index (χ1v) is 9.10. The molecule has 1 aromatic carbocycles. The van der Waals surface area contributed by atoms with Gasteiger partial charge in [-0.25, -0.2) is 4.79 Å². The highest BCUT2D eigenvalue weighted by Crippen LogP contribution is 2.31. The topological polar surface area (TPSA) is 71.9 Å². The van der Waals surface area contributed by atoms with Crippen molar-refractivity contribution in [2.45, 2.75) is 39.7 Å². The zero-order valence-electron chi connectivity index (χ0n) is 14.5. The summed E-state index contributed by atoms with van der Waals surface area (Å²) < 4.78 is 1.11. The minimum Gasteiger partial charge on any atom is -0.300 e. The molecule has 0 aliphatic heterocycles. The van der Waals surface area contributed by atoms with Crippen molar-refractivity contribution >= 4 is 27.3 Å². The number of carbonyl (C=O) groups is 1. The molecular formula is C19H20N2O3S. The fourth-order valence-electron chi connectivity index (χ4n) is 2.79. The summed E-state index contributed by atoms with van der Waals surface area (Å²) in [4.78, 5) is 39.5. The van der Waals surface area contributed by atoms with Gasteiger partial charge in [0, 0.05) is 23.9 Å². The molecule has 0 fully saturated rings. The van der Waals surface area contributed by atoms with Gasteiger partial charge < -0.3 is 0 Å². The molecule has 0 radical (unpaired) electrons. The SMILES string of the molecule is CC(=O)CCn1c(=O)[nH]c2scc(-c3ccc(C(C)C)cc3)c2c1=O. The Morgan fingerprint density at radius 2 is 1.88 bits per heavy atom. The summed E-state index contributed by atoms with van der Waals surface area (Å²) in [6.45, 7) is 5.81. The van der Waals surface area contributed by atoms with Crippen LogP contribution in [-0.2, 0) is 11.3 Å². The minimum absolute atomic E-state index is 0.0544. The highest BCUT2D eigenvalue weighted by molar-refractivity contribution is 7.17. The Hall–Kier alpha value is -2.47.